The van der Waals surface area contributed by atoms with E-state index in [1.165, 1.54) is 0 Å². The van der Waals surface area contributed by atoms with Crippen LogP contribution in [0.1, 0.15) is 19.4 Å². The average Bonchev–Trinajstić information content (AvgIpc) is 2.19. The first-order valence-electron chi connectivity index (χ1n) is 5.14. The van der Waals surface area contributed by atoms with Gasteiger partial charge in [-0.25, -0.2) is 9.97 Å². The Morgan fingerprint density at radius 1 is 1.27 bits per heavy atom. The molecule has 1 aromatic heterocycles. The molecule has 4 nitrogen and oxygen atoms in total. The SMILES string of the molecule is CN(C)C(C)(C)CNCc1cncnc1. The molecule has 1 aromatic rings. The van der Waals surface area contributed by atoms with Gasteiger partial charge < -0.3 is 10.2 Å². The Bertz CT molecular complexity index is 282. The molecule has 0 aliphatic rings. The molecule has 1 N–H and O–H groups in total. The van der Waals surface area contributed by atoms with Gasteiger partial charge in [0.15, 0.2) is 0 Å². The van der Waals surface area contributed by atoms with Crippen LogP contribution in [0.3, 0.4) is 0 Å². The van der Waals surface area contributed by atoms with Gasteiger partial charge in [-0.3, -0.25) is 0 Å². The minimum Gasteiger partial charge on any atom is -0.311 e. The number of rotatable bonds is 5. The summed E-state index contributed by atoms with van der Waals surface area (Å²) in [6, 6.07) is 0. The summed E-state index contributed by atoms with van der Waals surface area (Å²) in [4.78, 5) is 10.2. The number of hydrogen-bond acceptors (Lipinski definition) is 4. The Morgan fingerprint density at radius 3 is 2.40 bits per heavy atom. The third-order valence-corrected chi connectivity index (χ3v) is 2.71. The van der Waals surface area contributed by atoms with Gasteiger partial charge in [0.2, 0.25) is 0 Å². The Morgan fingerprint density at radius 2 is 1.87 bits per heavy atom. The standard InChI is InChI=1S/C11H20N4/c1-11(2,15(3)4)8-12-5-10-6-13-9-14-7-10/h6-7,9,12H,5,8H2,1-4H3. The summed E-state index contributed by atoms with van der Waals surface area (Å²) in [5.74, 6) is 0. The van der Waals surface area contributed by atoms with Crippen molar-refractivity contribution in [2.45, 2.75) is 25.9 Å². The number of likely N-dealkylation sites (N-methyl/N-ethyl adjacent to an activating group) is 1. The van der Waals surface area contributed by atoms with Crippen LogP contribution in [-0.2, 0) is 6.54 Å². The Labute approximate surface area is 91.7 Å². The lowest BCUT2D eigenvalue weighted by Gasteiger charge is -2.32. The minimum absolute atomic E-state index is 0.162. The fourth-order valence-corrected chi connectivity index (χ4v) is 1.09. The maximum atomic E-state index is 3.97. The van der Waals surface area contributed by atoms with Gasteiger partial charge in [0.25, 0.3) is 0 Å². The van der Waals surface area contributed by atoms with Crippen LogP contribution in [0.15, 0.2) is 18.7 Å². The van der Waals surface area contributed by atoms with Crippen LogP contribution in [0.4, 0.5) is 0 Å². The van der Waals surface area contributed by atoms with E-state index in [-0.39, 0.29) is 5.54 Å². The fourth-order valence-electron chi connectivity index (χ4n) is 1.09. The lowest BCUT2D eigenvalue weighted by atomic mass is 10.0. The van der Waals surface area contributed by atoms with Crippen molar-refractivity contribution in [2.75, 3.05) is 20.6 Å². The van der Waals surface area contributed by atoms with Crippen LogP contribution >= 0.6 is 0 Å². The monoisotopic (exact) mass is 208 g/mol. The molecule has 0 radical (unpaired) electrons. The topological polar surface area (TPSA) is 41.0 Å². The molecule has 0 aromatic carbocycles. The highest BCUT2D eigenvalue weighted by atomic mass is 15.2. The van der Waals surface area contributed by atoms with Crippen LogP contribution in [0.25, 0.3) is 0 Å². The second kappa shape index (κ2) is 5.19. The lowest BCUT2D eigenvalue weighted by Crippen LogP contribution is -2.46. The zero-order valence-corrected chi connectivity index (χ0v) is 9.99. The molecule has 0 aliphatic heterocycles. The molecule has 0 atom stereocenters. The van der Waals surface area contributed by atoms with Crippen molar-refractivity contribution in [2.24, 2.45) is 0 Å². The average molecular weight is 208 g/mol. The molecule has 1 heterocycles. The van der Waals surface area contributed by atoms with Crippen molar-refractivity contribution >= 4 is 0 Å². The van der Waals surface area contributed by atoms with E-state index in [0.717, 1.165) is 18.7 Å². The van der Waals surface area contributed by atoms with Gasteiger partial charge in [-0.2, -0.15) is 0 Å². The highest BCUT2D eigenvalue weighted by molar-refractivity contribution is 5.01. The smallest absolute Gasteiger partial charge is 0.115 e. The zero-order valence-electron chi connectivity index (χ0n) is 9.99. The minimum atomic E-state index is 0.162. The van der Waals surface area contributed by atoms with Crippen LogP contribution in [0.2, 0.25) is 0 Å². The molecule has 4 heteroatoms. The van der Waals surface area contributed by atoms with E-state index in [0.29, 0.717) is 0 Å². The van der Waals surface area contributed by atoms with Crippen LogP contribution < -0.4 is 5.32 Å². The second-order valence-electron chi connectivity index (χ2n) is 4.56. The summed E-state index contributed by atoms with van der Waals surface area (Å²) in [7, 11) is 4.18. The van der Waals surface area contributed by atoms with Gasteiger partial charge in [-0.05, 0) is 27.9 Å². The number of nitrogens with one attached hydrogen (secondary N) is 1. The van der Waals surface area contributed by atoms with Crippen molar-refractivity contribution in [1.82, 2.24) is 20.2 Å². The van der Waals surface area contributed by atoms with Crippen LogP contribution in [-0.4, -0.2) is 41.0 Å². The van der Waals surface area contributed by atoms with E-state index in [4.69, 9.17) is 0 Å². The van der Waals surface area contributed by atoms with Gasteiger partial charge in [-0.1, -0.05) is 0 Å². The predicted molar refractivity (Wildman–Crippen MR) is 61.5 cm³/mol. The maximum Gasteiger partial charge on any atom is 0.115 e. The van der Waals surface area contributed by atoms with Gasteiger partial charge in [0, 0.05) is 36.6 Å². The Hall–Kier alpha value is -1.00. The molecule has 0 amide bonds. The van der Waals surface area contributed by atoms with E-state index in [2.05, 4.69) is 48.1 Å². The largest absolute Gasteiger partial charge is 0.311 e. The van der Waals surface area contributed by atoms with E-state index in [9.17, 15) is 0 Å². The van der Waals surface area contributed by atoms with Crippen LogP contribution in [0, 0.1) is 0 Å². The van der Waals surface area contributed by atoms with Crippen molar-refractivity contribution < 1.29 is 0 Å². The first-order valence-corrected chi connectivity index (χ1v) is 5.14. The van der Waals surface area contributed by atoms with E-state index in [1.54, 1.807) is 6.33 Å². The molecule has 1 rings (SSSR count). The summed E-state index contributed by atoms with van der Waals surface area (Å²) in [5.41, 5.74) is 1.28. The summed E-state index contributed by atoms with van der Waals surface area (Å²) >= 11 is 0. The lowest BCUT2D eigenvalue weighted by molar-refractivity contribution is 0.189. The molecule has 0 fully saturated rings. The van der Waals surface area contributed by atoms with Gasteiger partial charge in [-0.15, -0.1) is 0 Å². The molecule has 0 bridgehead atoms. The van der Waals surface area contributed by atoms with Crippen molar-refractivity contribution in [1.29, 1.82) is 0 Å². The molecular formula is C11H20N4. The van der Waals surface area contributed by atoms with Gasteiger partial charge in [0.1, 0.15) is 6.33 Å². The number of nitrogens with zero attached hydrogens (tertiary/aromatic N) is 3. The second-order valence-corrected chi connectivity index (χ2v) is 4.56. The molecule has 15 heavy (non-hydrogen) atoms. The first kappa shape index (κ1) is 12.1. The van der Waals surface area contributed by atoms with Crippen LogP contribution in [0.5, 0.6) is 0 Å². The van der Waals surface area contributed by atoms with Gasteiger partial charge >= 0.3 is 0 Å². The molecule has 0 spiro atoms. The van der Waals surface area contributed by atoms with Crippen molar-refractivity contribution in [3.8, 4) is 0 Å². The molecule has 0 unspecified atom stereocenters. The van der Waals surface area contributed by atoms with E-state index in [1.807, 2.05) is 12.4 Å². The molecule has 0 aliphatic carbocycles. The Kier molecular flexibility index (Phi) is 4.17. The summed E-state index contributed by atoms with van der Waals surface area (Å²) in [6.07, 6.45) is 5.22. The Balaban J connectivity index is 2.34. The third-order valence-electron chi connectivity index (χ3n) is 2.71. The third kappa shape index (κ3) is 3.93. The molecule has 0 saturated carbocycles. The van der Waals surface area contributed by atoms with Gasteiger partial charge in [0.05, 0.1) is 0 Å². The highest BCUT2D eigenvalue weighted by Gasteiger charge is 2.19. The quantitative estimate of drug-likeness (QED) is 0.781. The zero-order chi connectivity index (χ0) is 11.3. The molecule has 84 valence electrons. The highest BCUT2D eigenvalue weighted by Crippen LogP contribution is 2.07. The van der Waals surface area contributed by atoms with E-state index < -0.39 is 0 Å². The van der Waals surface area contributed by atoms with E-state index >= 15 is 0 Å². The summed E-state index contributed by atoms with van der Waals surface area (Å²) < 4.78 is 0. The van der Waals surface area contributed by atoms with Crippen molar-refractivity contribution in [3.63, 3.8) is 0 Å². The fraction of sp³-hybridized carbons (Fsp3) is 0.636. The predicted octanol–water partition coefficient (Wildman–Crippen LogP) is 0.906. The first-order chi connectivity index (χ1) is 7.02. The number of aromatic nitrogens is 2. The normalized spacial score (nSPS) is 12.1. The molecular weight excluding hydrogens is 188 g/mol. The summed E-state index contributed by atoms with van der Waals surface area (Å²) in [6.45, 7) is 6.18. The van der Waals surface area contributed by atoms with Crippen molar-refractivity contribution in [3.05, 3.63) is 24.3 Å². The number of hydrogen-bond donors (Lipinski definition) is 1. The molecule has 0 saturated heterocycles. The summed E-state index contributed by atoms with van der Waals surface area (Å²) in [5, 5.41) is 3.40. The maximum absolute atomic E-state index is 3.97.